The van der Waals surface area contributed by atoms with E-state index in [9.17, 15) is 9.50 Å². The van der Waals surface area contributed by atoms with E-state index < -0.39 is 11.9 Å². The lowest BCUT2D eigenvalue weighted by Gasteiger charge is -2.09. The molecule has 1 aromatic heterocycles. The average molecular weight is 292 g/mol. The number of hydrogen-bond acceptors (Lipinski definition) is 3. The van der Waals surface area contributed by atoms with E-state index in [0.29, 0.717) is 22.0 Å². The summed E-state index contributed by atoms with van der Waals surface area (Å²) in [7, 11) is 0. The van der Waals surface area contributed by atoms with Crippen LogP contribution < -0.4 is 0 Å². The minimum Gasteiger partial charge on any atom is -0.441 e. The highest BCUT2D eigenvalue weighted by Gasteiger charge is 2.17. The molecule has 0 aliphatic heterocycles. The van der Waals surface area contributed by atoms with Gasteiger partial charge in [-0.05, 0) is 24.3 Å². The van der Waals surface area contributed by atoms with Crippen LogP contribution in [0, 0.1) is 5.82 Å². The Morgan fingerprint density at radius 1 is 1.25 bits per heavy atom. The summed E-state index contributed by atoms with van der Waals surface area (Å²) in [6, 6.07) is 11.5. The van der Waals surface area contributed by atoms with Crippen molar-refractivity contribution in [3.63, 3.8) is 0 Å². The van der Waals surface area contributed by atoms with Gasteiger partial charge < -0.3 is 9.52 Å². The van der Waals surface area contributed by atoms with Crippen molar-refractivity contribution in [3.8, 4) is 0 Å². The van der Waals surface area contributed by atoms with Gasteiger partial charge in [0, 0.05) is 10.6 Å². The van der Waals surface area contributed by atoms with Gasteiger partial charge in [0.2, 0.25) is 0 Å². The fourth-order valence-corrected chi connectivity index (χ4v) is 2.21. The lowest BCUT2D eigenvalue weighted by molar-refractivity contribution is 0.165. The summed E-state index contributed by atoms with van der Waals surface area (Å²) in [5, 5.41) is 10.4. The number of aromatic nitrogens is 1. The third-order valence-electron chi connectivity index (χ3n) is 3.03. The van der Waals surface area contributed by atoms with Crippen molar-refractivity contribution < 1.29 is 13.9 Å². The Bertz CT molecular complexity index is 723. The van der Waals surface area contributed by atoms with E-state index in [1.165, 1.54) is 18.2 Å². The maximum absolute atomic E-state index is 13.7. The zero-order valence-corrected chi connectivity index (χ0v) is 11.1. The summed E-state index contributed by atoms with van der Waals surface area (Å²) in [5.41, 5.74) is 1.54. The Morgan fingerprint density at radius 3 is 2.80 bits per heavy atom. The Balaban J connectivity index is 1.86. The number of fused-ring (bicyclic) bond motifs is 1. The molecule has 1 heterocycles. The third kappa shape index (κ3) is 2.53. The van der Waals surface area contributed by atoms with Gasteiger partial charge in [0.25, 0.3) is 0 Å². The largest absolute Gasteiger partial charge is 0.441 e. The average Bonchev–Trinajstić information content (AvgIpc) is 2.80. The zero-order valence-electron chi connectivity index (χ0n) is 10.4. The Morgan fingerprint density at radius 2 is 2.05 bits per heavy atom. The molecule has 0 bridgehead atoms. The van der Waals surface area contributed by atoms with Crippen molar-refractivity contribution in [3.05, 3.63) is 64.8 Å². The van der Waals surface area contributed by atoms with Crippen molar-refractivity contribution in [2.45, 2.75) is 12.5 Å². The molecule has 0 amide bonds. The molecule has 2 aromatic carbocycles. The highest BCUT2D eigenvalue weighted by atomic mass is 35.5. The standard InChI is InChI=1S/C15H11ClFNO2/c16-9-5-6-10(11(17)7-9)13(19)8-15-18-12-3-1-2-4-14(12)20-15/h1-7,13,19H,8H2. The van der Waals surface area contributed by atoms with Crippen LogP contribution in [0.3, 0.4) is 0 Å². The van der Waals surface area contributed by atoms with Crippen molar-refractivity contribution in [1.29, 1.82) is 0 Å². The summed E-state index contributed by atoms with van der Waals surface area (Å²) in [6.07, 6.45) is -0.923. The number of aliphatic hydroxyl groups excluding tert-OH is 1. The molecule has 0 radical (unpaired) electrons. The molecule has 0 saturated heterocycles. The second-order valence-corrected chi connectivity index (χ2v) is 4.90. The van der Waals surface area contributed by atoms with Crippen LogP contribution in [0.5, 0.6) is 0 Å². The first-order valence-corrected chi connectivity index (χ1v) is 6.49. The number of nitrogens with zero attached hydrogens (tertiary/aromatic N) is 1. The van der Waals surface area contributed by atoms with E-state index in [0.717, 1.165) is 0 Å². The highest BCUT2D eigenvalue weighted by molar-refractivity contribution is 6.30. The maximum Gasteiger partial charge on any atom is 0.198 e. The zero-order chi connectivity index (χ0) is 14.1. The quantitative estimate of drug-likeness (QED) is 0.796. The molecular weight excluding hydrogens is 281 g/mol. The van der Waals surface area contributed by atoms with Gasteiger partial charge in [-0.3, -0.25) is 0 Å². The van der Waals surface area contributed by atoms with Crippen LogP contribution in [0.2, 0.25) is 5.02 Å². The summed E-state index contributed by atoms with van der Waals surface area (Å²) < 4.78 is 19.2. The Kier molecular flexibility index (Phi) is 3.42. The molecule has 0 aliphatic rings. The van der Waals surface area contributed by atoms with Crippen LogP contribution in [0.25, 0.3) is 11.1 Å². The van der Waals surface area contributed by atoms with Gasteiger partial charge in [-0.15, -0.1) is 0 Å². The minimum absolute atomic E-state index is 0.104. The first-order valence-electron chi connectivity index (χ1n) is 6.11. The molecule has 102 valence electrons. The number of benzene rings is 2. The van der Waals surface area contributed by atoms with E-state index in [-0.39, 0.29) is 12.0 Å². The molecule has 1 N–H and O–H groups in total. The number of para-hydroxylation sites is 2. The molecule has 3 aromatic rings. The van der Waals surface area contributed by atoms with Crippen LogP contribution in [0.1, 0.15) is 17.6 Å². The monoisotopic (exact) mass is 291 g/mol. The van der Waals surface area contributed by atoms with Crippen LogP contribution >= 0.6 is 11.6 Å². The van der Waals surface area contributed by atoms with Crippen molar-refractivity contribution in [1.82, 2.24) is 4.98 Å². The molecule has 0 spiro atoms. The van der Waals surface area contributed by atoms with Crippen LogP contribution in [-0.4, -0.2) is 10.1 Å². The number of halogens is 2. The van der Waals surface area contributed by atoms with Crippen molar-refractivity contribution >= 4 is 22.7 Å². The molecule has 1 unspecified atom stereocenters. The molecule has 3 nitrogen and oxygen atoms in total. The van der Waals surface area contributed by atoms with E-state index in [1.54, 1.807) is 6.07 Å². The molecule has 20 heavy (non-hydrogen) atoms. The fourth-order valence-electron chi connectivity index (χ4n) is 2.05. The Hall–Kier alpha value is -1.91. The highest BCUT2D eigenvalue weighted by Crippen LogP contribution is 2.25. The first-order chi connectivity index (χ1) is 9.63. The van der Waals surface area contributed by atoms with E-state index in [4.69, 9.17) is 16.0 Å². The normalized spacial score (nSPS) is 12.8. The first kappa shape index (κ1) is 13.1. The van der Waals surface area contributed by atoms with Crippen LogP contribution in [0.15, 0.2) is 46.9 Å². The minimum atomic E-state index is -1.03. The van der Waals surface area contributed by atoms with Gasteiger partial charge in [0.1, 0.15) is 11.3 Å². The number of aliphatic hydroxyl groups is 1. The SMILES string of the molecule is OC(Cc1nc2ccccc2o1)c1ccc(Cl)cc1F. The van der Waals surface area contributed by atoms with Crippen LogP contribution in [0.4, 0.5) is 4.39 Å². The van der Waals surface area contributed by atoms with Gasteiger partial charge in [-0.2, -0.15) is 0 Å². The molecule has 0 aliphatic carbocycles. The molecule has 0 fully saturated rings. The topological polar surface area (TPSA) is 46.3 Å². The molecular formula is C15H11ClFNO2. The smallest absolute Gasteiger partial charge is 0.198 e. The Labute approximate surface area is 119 Å². The van der Waals surface area contributed by atoms with Crippen molar-refractivity contribution in [2.75, 3.05) is 0 Å². The molecule has 5 heteroatoms. The molecule has 3 rings (SSSR count). The summed E-state index contributed by atoms with van der Waals surface area (Å²) in [5.74, 6) is -0.172. The van der Waals surface area contributed by atoms with Gasteiger partial charge >= 0.3 is 0 Å². The van der Waals surface area contributed by atoms with Gasteiger partial charge in [-0.25, -0.2) is 9.37 Å². The summed E-state index contributed by atoms with van der Waals surface area (Å²) >= 11 is 5.68. The number of rotatable bonds is 3. The second-order valence-electron chi connectivity index (χ2n) is 4.46. The van der Waals surface area contributed by atoms with E-state index >= 15 is 0 Å². The van der Waals surface area contributed by atoms with Gasteiger partial charge in [0.15, 0.2) is 11.5 Å². The second kappa shape index (κ2) is 5.23. The van der Waals surface area contributed by atoms with E-state index in [2.05, 4.69) is 4.98 Å². The van der Waals surface area contributed by atoms with Crippen LogP contribution in [-0.2, 0) is 6.42 Å². The van der Waals surface area contributed by atoms with E-state index in [1.807, 2.05) is 18.2 Å². The number of oxazole rings is 1. The maximum atomic E-state index is 13.7. The number of hydrogen-bond donors (Lipinski definition) is 1. The molecule has 1 atom stereocenters. The lowest BCUT2D eigenvalue weighted by Crippen LogP contribution is -2.04. The fraction of sp³-hybridized carbons (Fsp3) is 0.133. The predicted molar refractivity (Wildman–Crippen MR) is 74.1 cm³/mol. The predicted octanol–water partition coefficient (Wildman–Crippen LogP) is 3.90. The summed E-state index contributed by atoms with van der Waals surface area (Å²) in [4.78, 5) is 4.25. The van der Waals surface area contributed by atoms with Crippen molar-refractivity contribution in [2.24, 2.45) is 0 Å². The van der Waals surface area contributed by atoms with Gasteiger partial charge in [0.05, 0.1) is 12.5 Å². The summed E-state index contributed by atoms with van der Waals surface area (Å²) in [6.45, 7) is 0. The molecule has 0 saturated carbocycles. The lowest BCUT2D eigenvalue weighted by atomic mass is 10.1. The third-order valence-corrected chi connectivity index (χ3v) is 3.26. The van der Waals surface area contributed by atoms with Gasteiger partial charge in [-0.1, -0.05) is 29.8 Å².